The third-order valence-electron chi connectivity index (χ3n) is 4.82. The highest BCUT2D eigenvalue weighted by Gasteiger charge is 2.30. The van der Waals surface area contributed by atoms with Crippen molar-refractivity contribution in [2.24, 2.45) is 0 Å². The molecule has 1 aromatic rings. The molecule has 0 amide bonds. The van der Waals surface area contributed by atoms with Crippen LogP contribution in [0.1, 0.15) is 69.9 Å². The smallest absolute Gasteiger partial charge is 0.416 e. The Kier molecular flexibility index (Phi) is 8.33. The molecule has 0 atom stereocenters. The molecule has 0 heterocycles. The van der Waals surface area contributed by atoms with Gasteiger partial charge in [-0.3, -0.25) is 0 Å². The van der Waals surface area contributed by atoms with E-state index in [4.69, 9.17) is 4.43 Å². The van der Waals surface area contributed by atoms with Crippen LogP contribution in [0.15, 0.2) is 24.3 Å². The maximum atomic E-state index is 12.7. The minimum absolute atomic E-state index is 0.0628. The molecule has 0 saturated carbocycles. The van der Waals surface area contributed by atoms with Gasteiger partial charge in [-0.1, -0.05) is 51.3 Å². The van der Waals surface area contributed by atoms with Crippen molar-refractivity contribution in [1.82, 2.24) is 0 Å². The first kappa shape index (κ1) is 20.2. The lowest BCUT2D eigenvalue weighted by Crippen LogP contribution is -2.30. The molecule has 0 unspecified atom stereocenters. The van der Waals surface area contributed by atoms with E-state index in [0.29, 0.717) is 6.42 Å². The van der Waals surface area contributed by atoms with Gasteiger partial charge in [-0.05, 0) is 43.7 Å². The van der Waals surface area contributed by atoms with E-state index in [0.717, 1.165) is 67.1 Å². The van der Waals surface area contributed by atoms with E-state index >= 15 is 0 Å². The average molecular weight is 347 g/mol. The Morgan fingerprint density at radius 1 is 1.00 bits per heavy atom. The second-order valence-electron chi connectivity index (χ2n) is 6.21. The average Bonchev–Trinajstić information content (AvgIpc) is 2.54. The highest BCUT2D eigenvalue weighted by molar-refractivity contribution is 5.98. The molecule has 0 aromatic heterocycles. The summed E-state index contributed by atoms with van der Waals surface area (Å²) in [5.41, 5.74) is 0.293. The van der Waals surface area contributed by atoms with Crippen LogP contribution >= 0.6 is 0 Å². The second kappa shape index (κ2) is 9.47. The molecule has 0 spiro atoms. The van der Waals surface area contributed by atoms with Crippen LogP contribution in [0.25, 0.3) is 0 Å². The minimum atomic E-state index is -4.25. The predicted octanol–water partition coefficient (Wildman–Crippen LogP) is 5.05. The van der Waals surface area contributed by atoms with Crippen molar-refractivity contribution < 1.29 is 17.6 Å². The lowest BCUT2D eigenvalue weighted by atomic mass is 9.90. The highest BCUT2D eigenvalue weighted by atomic mass is 28.2. The Balaban J connectivity index is 2.31. The molecule has 0 saturated heterocycles. The molecule has 5 heteroatoms. The molecular weight excluding hydrogens is 317 g/mol. The van der Waals surface area contributed by atoms with E-state index < -0.39 is 11.7 Å². The Hall–Kier alpha value is -0.813. The molecule has 0 fully saturated rings. The van der Waals surface area contributed by atoms with Gasteiger partial charge in [0.15, 0.2) is 0 Å². The number of hydrogen-bond acceptors (Lipinski definition) is 1. The molecule has 0 radical (unpaired) electrons. The molecule has 0 aliphatic carbocycles. The van der Waals surface area contributed by atoms with E-state index in [1.165, 1.54) is 12.1 Å². The Morgan fingerprint density at radius 2 is 1.65 bits per heavy atom. The van der Waals surface area contributed by atoms with Gasteiger partial charge >= 0.3 is 6.18 Å². The van der Waals surface area contributed by atoms with Crippen molar-refractivity contribution in [2.75, 3.05) is 0 Å². The maximum absolute atomic E-state index is 12.7. The van der Waals surface area contributed by atoms with Crippen LogP contribution in [0.4, 0.5) is 13.2 Å². The van der Waals surface area contributed by atoms with Crippen molar-refractivity contribution >= 4 is 10.5 Å². The zero-order valence-corrected chi connectivity index (χ0v) is 16.5. The van der Waals surface area contributed by atoms with Crippen molar-refractivity contribution in [3.63, 3.8) is 0 Å². The normalized spacial score (nSPS) is 12.7. The molecule has 0 bridgehead atoms. The van der Waals surface area contributed by atoms with Crippen LogP contribution in [0.2, 0.25) is 0 Å². The molecular formula is C18H29F3OSi. The van der Waals surface area contributed by atoms with Gasteiger partial charge in [-0.2, -0.15) is 13.2 Å². The fraction of sp³-hybridized carbons (Fsp3) is 0.667. The zero-order chi connectivity index (χ0) is 17.3. The van der Waals surface area contributed by atoms with Gasteiger partial charge in [-0.15, -0.1) is 0 Å². The SMILES string of the molecule is CCC(CC)(CCCCCCc1cccc(C(F)(F)F)c1)O[SiH3]. The topological polar surface area (TPSA) is 9.23 Å². The fourth-order valence-electron chi connectivity index (χ4n) is 3.03. The largest absolute Gasteiger partial charge is 0.422 e. The van der Waals surface area contributed by atoms with Gasteiger partial charge in [0.1, 0.15) is 10.5 Å². The first-order valence-corrected chi connectivity index (χ1v) is 9.40. The monoisotopic (exact) mass is 346 g/mol. The van der Waals surface area contributed by atoms with Gasteiger partial charge in [0.2, 0.25) is 0 Å². The minimum Gasteiger partial charge on any atom is -0.422 e. The summed E-state index contributed by atoms with van der Waals surface area (Å²) in [5, 5.41) is 0. The Morgan fingerprint density at radius 3 is 2.22 bits per heavy atom. The molecule has 132 valence electrons. The first-order valence-electron chi connectivity index (χ1n) is 8.58. The van der Waals surface area contributed by atoms with Crippen molar-refractivity contribution in [3.05, 3.63) is 35.4 Å². The summed E-state index contributed by atoms with van der Waals surface area (Å²) >= 11 is 0. The van der Waals surface area contributed by atoms with E-state index in [1.54, 1.807) is 6.07 Å². The van der Waals surface area contributed by atoms with E-state index in [-0.39, 0.29) is 5.60 Å². The van der Waals surface area contributed by atoms with Crippen molar-refractivity contribution in [1.29, 1.82) is 0 Å². The van der Waals surface area contributed by atoms with Crippen LogP contribution in [-0.2, 0) is 17.0 Å². The van der Waals surface area contributed by atoms with E-state index in [2.05, 4.69) is 13.8 Å². The molecule has 0 N–H and O–H groups in total. The van der Waals surface area contributed by atoms with Crippen LogP contribution in [0.5, 0.6) is 0 Å². The van der Waals surface area contributed by atoms with Crippen molar-refractivity contribution in [2.45, 2.75) is 77.0 Å². The quantitative estimate of drug-likeness (QED) is 0.425. The molecule has 1 nitrogen and oxygen atoms in total. The predicted molar refractivity (Wildman–Crippen MR) is 92.6 cm³/mol. The summed E-state index contributed by atoms with van der Waals surface area (Å²) < 4.78 is 43.8. The Labute approximate surface area is 141 Å². The van der Waals surface area contributed by atoms with Crippen LogP contribution < -0.4 is 0 Å². The summed E-state index contributed by atoms with van der Waals surface area (Å²) in [6, 6.07) is 5.68. The van der Waals surface area contributed by atoms with Crippen LogP contribution in [0, 0.1) is 0 Å². The summed E-state index contributed by atoms with van der Waals surface area (Å²) in [4.78, 5) is 0. The standard InChI is InChI=1S/C18H29F3OSi/c1-3-17(4-2,22-23)13-8-6-5-7-10-15-11-9-12-16(14-15)18(19,20)21/h9,11-12,14H,3-8,10,13H2,1-2,23H3. The molecule has 1 aromatic carbocycles. The molecule has 1 rings (SSSR count). The molecule has 0 aliphatic rings. The van der Waals surface area contributed by atoms with Crippen molar-refractivity contribution in [3.8, 4) is 0 Å². The van der Waals surface area contributed by atoms with E-state index in [9.17, 15) is 13.2 Å². The fourth-order valence-corrected chi connectivity index (χ4v) is 3.81. The molecule has 0 aliphatic heterocycles. The van der Waals surface area contributed by atoms with Gasteiger partial charge in [0.05, 0.1) is 11.2 Å². The van der Waals surface area contributed by atoms with Gasteiger partial charge in [-0.25, -0.2) is 0 Å². The number of benzene rings is 1. The lowest BCUT2D eigenvalue weighted by Gasteiger charge is -2.31. The number of aryl methyl sites for hydroxylation is 1. The summed E-state index contributed by atoms with van der Waals surface area (Å²) in [7, 11) is 0.772. The third-order valence-corrected chi connectivity index (χ3v) is 5.69. The van der Waals surface area contributed by atoms with Gasteiger partial charge in [0.25, 0.3) is 0 Å². The second-order valence-corrected chi connectivity index (χ2v) is 6.61. The van der Waals surface area contributed by atoms with Crippen LogP contribution in [0.3, 0.4) is 0 Å². The summed E-state index contributed by atoms with van der Waals surface area (Å²) in [6.07, 6.45) is 3.91. The maximum Gasteiger partial charge on any atom is 0.416 e. The number of unbranched alkanes of at least 4 members (excludes halogenated alkanes) is 3. The van der Waals surface area contributed by atoms with Gasteiger partial charge in [0, 0.05) is 0 Å². The molecule has 23 heavy (non-hydrogen) atoms. The number of alkyl halides is 3. The van der Waals surface area contributed by atoms with Gasteiger partial charge < -0.3 is 4.43 Å². The Bertz CT molecular complexity index is 448. The summed E-state index contributed by atoms with van der Waals surface area (Å²) in [6.45, 7) is 4.35. The number of hydrogen-bond donors (Lipinski definition) is 0. The lowest BCUT2D eigenvalue weighted by molar-refractivity contribution is -0.137. The number of halogens is 3. The van der Waals surface area contributed by atoms with Crippen LogP contribution in [-0.4, -0.2) is 16.1 Å². The van der Waals surface area contributed by atoms with E-state index in [1.807, 2.05) is 0 Å². The zero-order valence-electron chi connectivity index (χ0n) is 14.5. The summed E-state index contributed by atoms with van der Waals surface area (Å²) in [5.74, 6) is 0. The number of rotatable bonds is 10. The first-order chi connectivity index (χ1) is 10.9. The highest BCUT2D eigenvalue weighted by Crippen LogP contribution is 2.30. The third kappa shape index (κ3) is 6.67.